The van der Waals surface area contributed by atoms with E-state index in [0.717, 1.165) is 17.5 Å². The molecule has 0 aliphatic carbocycles. The van der Waals surface area contributed by atoms with E-state index in [-0.39, 0.29) is 16.8 Å². The maximum absolute atomic E-state index is 12.9. The van der Waals surface area contributed by atoms with Crippen LogP contribution in [0.15, 0.2) is 71.6 Å². The lowest BCUT2D eigenvalue weighted by Crippen LogP contribution is -2.28. The van der Waals surface area contributed by atoms with Crippen LogP contribution in [0.25, 0.3) is 0 Å². The molecule has 0 saturated carbocycles. The monoisotopic (exact) mass is 436 g/mol. The number of aryl methyl sites for hydroxylation is 3. The molecule has 0 radical (unpaired) electrons. The van der Waals surface area contributed by atoms with Crippen molar-refractivity contribution in [3.8, 4) is 0 Å². The first-order valence-electron chi connectivity index (χ1n) is 10.3. The van der Waals surface area contributed by atoms with Gasteiger partial charge in [0.25, 0.3) is 15.9 Å². The van der Waals surface area contributed by atoms with Gasteiger partial charge >= 0.3 is 0 Å². The first-order valence-corrected chi connectivity index (χ1v) is 11.8. The first-order chi connectivity index (χ1) is 14.7. The first kappa shape index (κ1) is 22.6. The summed E-state index contributed by atoms with van der Waals surface area (Å²) in [7, 11) is -3.81. The maximum atomic E-state index is 12.9. The van der Waals surface area contributed by atoms with Crippen LogP contribution in [0, 0.1) is 20.8 Å². The summed E-state index contributed by atoms with van der Waals surface area (Å²) >= 11 is 0. The van der Waals surface area contributed by atoms with E-state index in [1.165, 1.54) is 23.3 Å². The zero-order valence-electron chi connectivity index (χ0n) is 18.3. The lowest BCUT2D eigenvalue weighted by Gasteiger charge is -2.19. The second kappa shape index (κ2) is 9.35. The topological polar surface area (TPSA) is 75.3 Å². The predicted octanol–water partition coefficient (Wildman–Crippen LogP) is 5.29. The van der Waals surface area contributed by atoms with E-state index in [2.05, 4.69) is 23.0 Å². The number of rotatable bonds is 7. The second-order valence-electron chi connectivity index (χ2n) is 7.78. The number of hydrogen-bond acceptors (Lipinski definition) is 3. The van der Waals surface area contributed by atoms with E-state index in [1.807, 2.05) is 45.0 Å². The number of nitrogens with one attached hydrogen (secondary N) is 2. The molecule has 0 bridgehead atoms. The number of benzene rings is 3. The molecule has 3 aromatic rings. The molecule has 5 nitrogen and oxygen atoms in total. The Morgan fingerprint density at radius 3 is 2.26 bits per heavy atom. The van der Waals surface area contributed by atoms with Gasteiger partial charge in [-0.2, -0.15) is 0 Å². The fourth-order valence-corrected chi connectivity index (χ4v) is 4.39. The van der Waals surface area contributed by atoms with Gasteiger partial charge in [0.15, 0.2) is 0 Å². The number of hydrogen-bond donors (Lipinski definition) is 2. The lowest BCUT2D eigenvalue weighted by atomic mass is 9.99. The van der Waals surface area contributed by atoms with E-state index < -0.39 is 10.0 Å². The number of carbonyl (C=O) groups is 1. The highest BCUT2D eigenvalue weighted by Gasteiger charge is 2.19. The van der Waals surface area contributed by atoms with Crippen molar-refractivity contribution in [3.63, 3.8) is 0 Å². The molecule has 1 atom stereocenters. The largest absolute Gasteiger partial charge is 0.345 e. The smallest absolute Gasteiger partial charge is 0.261 e. The van der Waals surface area contributed by atoms with Crippen LogP contribution in [0.3, 0.4) is 0 Å². The van der Waals surface area contributed by atoms with Crippen molar-refractivity contribution in [1.82, 2.24) is 5.32 Å². The van der Waals surface area contributed by atoms with Gasteiger partial charge in [0.2, 0.25) is 0 Å². The predicted molar refractivity (Wildman–Crippen MR) is 125 cm³/mol. The van der Waals surface area contributed by atoms with Gasteiger partial charge in [0, 0.05) is 11.3 Å². The van der Waals surface area contributed by atoms with E-state index in [9.17, 15) is 13.2 Å². The van der Waals surface area contributed by atoms with Crippen molar-refractivity contribution < 1.29 is 13.2 Å². The van der Waals surface area contributed by atoms with Crippen LogP contribution in [-0.2, 0) is 10.0 Å². The van der Waals surface area contributed by atoms with Crippen LogP contribution in [0.5, 0.6) is 0 Å². The molecule has 0 saturated heterocycles. The Morgan fingerprint density at radius 1 is 0.903 bits per heavy atom. The molecule has 0 aromatic heterocycles. The Bertz CT molecular complexity index is 1190. The molecule has 0 heterocycles. The molecular weight excluding hydrogens is 408 g/mol. The zero-order valence-corrected chi connectivity index (χ0v) is 19.1. The van der Waals surface area contributed by atoms with Crippen LogP contribution < -0.4 is 10.0 Å². The standard InChI is InChI=1S/C25H28N2O3S/c1-5-24(20-12-11-18(3)19(4)15-20)26-25(28)21-7-6-8-23(16-21)31(29,30)27-22-13-9-17(2)10-14-22/h6-16,24,27H,5H2,1-4H3,(H,26,28)/t24-/m0/s1. The Hall–Kier alpha value is -3.12. The SMILES string of the molecule is CC[C@H](NC(=O)c1cccc(S(=O)(=O)Nc2ccc(C)cc2)c1)c1ccc(C)c(C)c1. The highest BCUT2D eigenvalue weighted by molar-refractivity contribution is 7.92. The number of anilines is 1. The Balaban J connectivity index is 1.80. The minimum atomic E-state index is -3.81. The second-order valence-corrected chi connectivity index (χ2v) is 9.46. The lowest BCUT2D eigenvalue weighted by molar-refractivity contribution is 0.0935. The summed E-state index contributed by atoms with van der Waals surface area (Å²) in [4.78, 5) is 12.9. The summed E-state index contributed by atoms with van der Waals surface area (Å²) in [6.07, 6.45) is 0.723. The summed E-state index contributed by atoms with van der Waals surface area (Å²) in [6, 6.07) is 19.1. The van der Waals surface area contributed by atoms with Gasteiger partial charge in [-0.1, -0.05) is 48.9 Å². The average Bonchev–Trinajstić information content (AvgIpc) is 2.75. The van der Waals surface area contributed by atoms with E-state index in [0.29, 0.717) is 11.3 Å². The molecule has 2 N–H and O–H groups in total. The minimum Gasteiger partial charge on any atom is -0.345 e. The third kappa shape index (κ3) is 5.52. The average molecular weight is 437 g/mol. The summed E-state index contributed by atoms with van der Waals surface area (Å²) in [5.74, 6) is -0.308. The van der Waals surface area contributed by atoms with Crippen LogP contribution in [-0.4, -0.2) is 14.3 Å². The molecule has 3 rings (SSSR count). The van der Waals surface area contributed by atoms with Gasteiger partial charge in [0.05, 0.1) is 10.9 Å². The molecule has 162 valence electrons. The van der Waals surface area contributed by atoms with Crippen molar-refractivity contribution in [2.75, 3.05) is 4.72 Å². The third-order valence-electron chi connectivity index (χ3n) is 5.36. The summed E-state index contributed by atoms with van der Waals surface area (Å²) in [5, 5.41) is 3.03. The van der Waals surface area contributed by atoms with Crippen LogP contribution in [0.2, 0.25) is 0 Å². The summed E-state index contributed by atoms with van der Waals surface area (Å²) in [6.45, 7) is 8.03. The van der Waals surface area contributed by atoms with E-state index in [4.69, 9.17) is 0 Å². The minimum absolute atomic E-state index is 0.0416. The van der Waals surface area contributed by atoms with Gasteiger partial charge in [-0.3, -0.25) is 9.52 Å². The van der Waals surface area contributed by atoms with Crippen molar-refractivity contribution in [2.45, 2.75) is 45.1 Å². The number of carbonyl (C=O) groups excluding carboxylic acids is 1. The molecule has 0 aliphatic rings. The highest BCUT2D eigenvalue weighted by Crippen LogP contribution is 2.22. The maximum Gasteiger partial charge on any atom is 0.261 e. The van der Waals surface area contributed by atoms with Crippen LogP contribution in [0.1, 0.15) is 52.0 Å². The van der Waals surface area contributed by atoms with Crippen LogP contribution in [0.4, 0.5) is 5.69 Å². The molecule has 0 aliphatic heterocycles. The molecule has 31 heavy (non-hydrogen) atoms. The molecule has 0 spiro atoms. The Kier molecular flexibility index (Phi) is 6.81. The molecule has 3 aromatic carbocycles. The number of sulfonamides is 1. The van der Waals surface area contributed by atoms with Gasteiger partial charge in [-0.25, -0.2) is 8.42 Å². The molecule has 0 fully saturated rings. The fourth-order valence-electron chi connectivity index (χ4n) is 3.28. The molecule has 1 amide bonds. The van der Waals surface area contributed by atoms with E-state index in [1.54, 1.807) is 24.3 Å². The third-order valence-corrected chi connectivity index (χ3v) is 6.74. The van der Waals surface area contributed by atoms with Crippen molar-refractivity contribution in [2.24, 2.45) is 0 Å². The fraction of sp³-hybridized carbons (Fsp3) is 0.240. The summed E-state index contributed by atoms with van der Waals surface area (Å²) < 4.78 is 28.1. The zero-order chi connectivity index (χ0) is 22.6. The normalized spacial score (nSPS) is 12.3. The van der Waals surface area contributed by atoms with Gasteiger partial charge in [-0.15, -0.1) is 0 Å². The quantitative estimate of drug-likeness (QED) is 0.528. The summed E-state index contributed by atoms with van der Waals surface area (Å²) in [5.41, 5.74) is 5.21. The highest BCUT2D eigenvalue weighted by atomic mass is 32.2. The Labute approximate surface area is 184 Å². The Morgan fingerprint density at radius 2 is 1.61 bits per heavy atom. The molecule has 6 heteroatoms. The van der Waals surface area contributed by atoms with E-state index >= 15 is 0 Å². The van der Waals surface area contributed by atoms with Crippen LogP contribution >= 0.6 is 0 Å². The van der Waals surface area contributed by atoms with Gasteiger partial charge in [-0.05, 0) is 74.2 Å². The van der Waals surface area contributed by atoms with Gasteiger partial charge in [0.1, 0.15) is 0 Å². The van der Waals surface area contributed by atoms with Crippen molar-refractivity contribution in [3.05, 3.63) is 94.5 Å². The van der Waals surface area contributed by atoms with Gasteiger partial charge < -0.3 is 5.32 Å². The molecule has 0 unspecified atom stereocenters. The van der Waals surface area contributed by atoms with Crippen molar-refractivity contribution in [1.29, 1.82) is 0 Å². The number of amides is 1. The van der Waals surface area contributed by atoms with Crippen molar-refractivity contribution >= 4 is 21.6 Å². The molecular formula is C25H28N2O3S.